The molecule has 6 nitrogen and oxygen atoms in total. The molecule has 2 heterocycles. The Morgan fingerprint density at radius 1 is 1.00 bits per heavy atom. The molecule has 0 fully saturated rings. The number of aliphatic hydroxyl groups is 1. The number of fused-ring (bicyclic) bond motifs is 3. The molecule has 0 unspecified atom stereocenters. The maximum absolute atomic E-state index is 12.6. The van der Waals surface area contributed by atoms with E-state index in [0.717, 1.165) is 10.8 Å². The van der Waals surface area contributed by atoms with E-state index < -0.39 is 5.56 Å². The molecule has 24 heavy (non-hydrogen) atoms. The number of hydrogen-bond acceptors (Lipinski definition) is 5. The van der Waals surface area contributed by atoms with Gasteiger partial charge < -0.3 is 5.11 Å². The van der Waals surface area contributed by atoms with Gasteiger partial charge >= 0.3 is 5.56 Å². The molecule has 2 aromatic heterocycles. The lowest BCUT2D eigenvalue weighted by Crippen LogP contribution is -2.22. The molecule has 0 atom stereocenters. The molecular weight excluding hydrogens is 304 g/mol. The zero-order valence-corrected chi connectivity index (χ0v) is 12.5. The molecule has 0 amide bonds. The Bertz CT molecular complexity index is 1130. The highest BCUT2D eigenvalue weighted by Crippen LogP contribution is 2.16. The van der Waals surface area contributed by atoms with E-state index in [2.05, 4.69) is 15.3 Å². The molecule has 4 aromatic rings. The van der Waals surface area contributed by atoms with Crippen LogP contribution in [0.2, 0.25) is 0 Å². The van der Waals surface area contributed by atoms with Crippen LogP contribution in [0, 0.1) is 0 Å². The van der Waals surface area contributed by atoms with Gasteiger partial charge in [0.25, 0.3) is 0 Å². The van der Waals surface area contributed by atoms with E-state index in [1.807, 2.05) is 30.3 Å². The van der Waals surface area contributed by atoms with Gasteiger partial charge in [0, 0.05) is 22.4 Å². The van der Waals surface area contributed by atoms with Crippen LogP contribution in [0.4, 0.5) is 0 Å². The van der Waals surface area contributed by atoms with E-state index >= 15 is 0 Å². The van der Waals surface area contributed by atoms with Crippen LogP contribution in [0.15, 0.2) is 65.6 Å². The highest BCUT2D eigenvalue weighted by Gasteiger charge is 2.10. The standard InChI is InChI=1S/C18H12N4O2/c23-16(12-6-2-1-3-7-12)10-15-18(24)22-17(21-20-15)14-9-5-4-8-13(14)11-19-22/h1-11,23H/b16-10-. The molecule has 0 aliphatic heterocycles. The summed E-state index contributed by atoms with van der Waals surface area (Å²) in [4.78, 5) is 12.6. The average Bonchev–Trinajstić information content (AvgIpc) is 2.64. The molecule has 0 spiro atoms. The third-order valence-electron chi connectivity index (χ3n) is 3.72. The van der Waals surface area contributed by atoms with Crippen LogP contribution >= 0.6 is 0 Å². The van der Waals surface area contributed by atoms with Crippen LogP contribution in [0.5, 0.6) is 0 Å². The molecule has 0 radical (unpaired) electrons. The summed E-state index contributed by atoms with van der Waals surface area (Å²) in [6.07, 6.45) is 2.91. The third-order valence-corrected chi connectivity index (χ3v) is 3.72. The topological polar surface area (TPSA) is 80.4 Å². The van der Waals surface area contributed by atoms with Crippen LogP contribution in [0.25, 0.3) is 28.3 Å². The van der Waals surface area contributed by atoms with Crippen LogP contribution in [0.1, 0.15) is 11.3 Å². The van der Waals surface area contributed by atoms with Crippen molar-refractivity contribution in [3.63, 3.8) is 0 Å². The van der Waals surface area contributed by atoms with Gasteiger partial charge in [0.2, 0.25) is 0 Å². The predicted octanol–water partition coefficient (Wildman–Crippen LogP) is 2.69. The van der Waals surface area contributed by atoms with Crippen molar-refractivity contribution in [3.05, 3.63) is 82.4 Å². The summed E-state index contributed by atoms with van der Waals surface area (Å²) in [5, 5.41) is 24.0. The lowest BCUT2D eigenvalue weighted by Gasteiger charge is -2.04. The first-order valence-corrected chi connectivity index (χ1v) is 7.33. The first-order chi connectivity index (χ1) is 11.7. The zero-order valence-electron chi connectivity index (χ0n) is 12.5. The Kier molecular flexibility index (Phi) is 3.28. The molecule has 6 heteroatoms. The smallest absolute Gasteiger partial charge is 0.300 e. The van der Waals surface area contributed by atoms with Crippen molar-refractivity contribution in [1.29, 1.82) is 0 Å². The van der Waals surface area contributed by atoms with Crippen molar-refractivity contribution in [2.24, 2.45) is 0 Å². The Labute approximate surface area is 136 Å². The number of rotatable bonds is 2. The summed E-state index contributed by atoms with van der Waals surface area (Å²) in [6.45, 7) is 0. The number of hydrogen-bond donors (Lipinski definition) is 1. The van der Waals surface area contributed by atoms with E-state index in [9.17, 15) is 9.90 Å². The first kappa shape index (κ1) is 14.1. The number of benzene rings is 2. The van der Waals surface area contributed by atoms with Gasteiger partial charge in [0.1, 0.15) is 5.76 Å². The van der Waals surface area contributed by atoms with E-state index in [1.165, 1.54) is 10.6 Å². The largest absolute Gasteiger partial charge is 0.507 e. The van der Waals surface area contributed by atoms with E-state index in [0.29, 0.717) is 11.2 Å². The molecule has 1 N–H and O–H groups in total. The molecule has 0 aliphatic carbocycles. The minimum Gasteiger partial charge on any atom is -0.507 e. The molecule has 0 bridgehead atoms. The Balaban J connectivity index is 1.91. The molecule has 116 valence electrons. The summed E-state index contributed by atoms with van der Waals surface area (Å²) in [6, 6.07) is 16.4. The zero-order chi connectivity index (χ0) is 16.5. The fourth-order valence-electron chi connectivity index (χ4n) is 2.51. The molecule has 4 rings (SSSR count). The first-order valence-electron chi connectivity index (χ1n) is 7.33. The van der Waals surface area contributed by atoms with Crippen LogP contribution < -0.4 is 5.56 Å². The fourth-order valence-corrected chi connectivity index (χ4v) is 2.51. The van der Waals surface area contributed by atoms with Crippen molar-refractivity contribution in [1.82, 2.24) is 19.8 Å². The maximum Gasteiger partial charge on any atom is 0.300 e. The van der Waals surface area contributed by atoms with Gasteiger partial charge in [-0.2, -0.15) is 9.61 Å². The molecular formula is C18H12N4O2. The Hall–Kier alpha value is -3.54. The van der Waals surface area contributed by atoms with Crippen molar-refractivity contribution in [3.8, 4) is 0 Å². The van der Waals surface area contributed by atoms with Crippen LogP contribution in [-0.2, 0) is 0 Å². The molecule has 0 aliphatic rings. The highest BCUT2D eigenvalue weighted by atomic mass is 16.3. The SMILES string of the molecule is O=c1c(/C=C(\O)c2ccccc2)nnc2c3ccccc3cnn12. The van der Waals surface area contributed by atoms with E-state index in [4.69, 9.17) is 0 Å². The van der Waals surface area contributed by atoms with Crippen molar-refractivity contribution >= 4 is 28.3 Å². The number of aromatic nitrogens is 4. The molecule has 0 saturated heterocycles. The van der Waals surface area contributed by atoms with Gasteiger partial charge in [0.05, 0.1) is 6.20 Å². The van der Waals surface area contributed by atoms with Gasteiger partial charge in [-0.1, -0.05) is 54.6 Å². The lowest BCUT2D eigenvalue weighted by atomic mass is 10.1. The number of nitrogens with zero attached hydrogens (tertiary/aromatic N) is 4. The summed E-state index contributed by atoms with van der Waals surface area (Å²) in [5.74, 6) is -0.0530. The summed E-state index contributed by atoms with van der Waals surface area (Å²) >= 11 is 0. The van der Waals surface area contributed by atoms with Crippen molar-refractivity contribution in [2.75, 3.05) is 0 Å². The maximum atomic E-state index is 12.6. The van der Waals surface area contributed by atoms with Gasteiger partial charge in [-0.25, -0.2) is 0 Å². The minimum absolute atomic E-state index is 0.0247. The summed E-state index contributed by atoms with van der Waals surface area (Å²) in [5.41, 5.74) is 0.564. The van der Waals surface area contributed by atoms with Gasteiger partial charge in [-0.15, -0.1) is 10.2 Å². The van der Waals surface area contributed by atoms with Gasteiger partial charge in [0.15, 0.2) is 11.3 Å². The summed E-state index contributed by atoms with van der Waals surface area (Å²) in [7, 11) is 0. The quantitative estimate of drug-likeness (QED) is 0.454. The van der Waals surface area contributed by atoms with Gasteiger partial charge in [-0.05, 0) is 0 Å². The normalized spacial score (nSPS) is 11.9. The lowest BCUT2D eigenvalue weighted by molar-refractivity contribution is 0.515. The van der Waals surface area contributed by atoms with Crippen LogP contribution in [0.3, 0.4) is 0 Å². The summed E-state index contributed by atoms with van der Waals surface area (Å²) < 4.78 is 1.19. The second-order valence-electron chi connectivity index (χ2n) is 5.25. The predicted molar refractivity (Wildman–Crippen MR) is 91.5 cm³/mol. The number of aliphatic hydroxyl groups excluding tert-OH is 1. The Morgan fingerprint density at radius 3 is 2.58 bits per heavy atom. The fraction of sp³-hybridized carbons (Fsp3) is 0. The minimum atomic E-state index is -0.437. The van der Waals surface area contributed by atoms with E-state index in [-0.39, 0.29) is 11.5 Å². The second kappa shape index (κ2) is 5.58. The Morgan fingerprint density at radius 2 is 1.75 bits per heavy atom. The molecule has 0 saturated carbocycles. The van der Waals surface area contributed by atoms with Gasteiger partial charge in [-0.3, -0.25) is 4.79 Å². The van der Waals surface area contributed by atoms with Crippen molar-refractivity contribution < 1.29 is 5.11 Å². The van der Waals surface area contributed by atoms with Crippen molar-refractivity contribution in [2.45, 2.75) is 0 Å². The molecule has 2 aromatic carbocycles. The second-order valence-corrected chi connectivity index (χ2v) is 5.25. The third kappa shape index (κ3) is 2.30. The average molecular weight is 316 g/mol. The van der Waals surface area contributed by atoms with Crippen LogP contribution in [-0.4, -0.2) is 24.9 Å². The monoisotopic (exact) mass is 316 g/mol. The highest BCUT2D eigenvalue weighted by molar-refractivity contribution is 5.92. The van der Waals surface area contributed by atoms with E-state index in [1.54, 1.807) is 30.5 Å².